The molecule has 1 aromatic carbocycles. The van der Waals surface area contributed by atoms with E-state index in [1.165, 1.54) is 4.70 Å². The molecule has 0 saturated carbocycles. The van der Waals surface area contributed by atoms with Crippen molar-refractivity contribution in [3.05, 3.63) is 72.9 Å². The first-order valence-electron chi connectivity index (χ1n) is 11.5. The summed E-state index contributed by atoms with van der Waals surface area (Å²) in [5.41, 5.74) is 1.09. The highest BCUT2D eigenvalue weighted by Gasteiger charge is 2.38. The maximum atomic E-state index is 6.68. The standard InChI is InChI=1S/C27H39NOS2Si/c1-7-8-9-10-11-13-18-23(29-32(5,6)27(2,3)4)19-14-12-17-22-30-26-28-24-20-15-16-21-25(24)31-26/h8-9,11-17,19-21,23H,7,10,18,22H2,1-6H3/b9-8-,13-11-,17-12+,19-14-/t23-/m0/s1. The van der Waals surface area contributed by atoms with E-state index >= 15 is 0 Å². The Balaban J connectivity index is 1.91. The van der Waals surface area contributed by atoms with Crippen molar-refractivity contribution in [1.82, 2.24) is 4.98 Å². The highest BCUT2D eigenvalue weighted by molar-refractivity contribution is 8.01. The number of aromatic nitrogens is 1. The third-order valence-corrected chi connectivity index (χ3v) is 12.2. The van der Waals surface area contributed by atoms with Gasteiger partial charge in [0.05, 0.1) is 16.3 Å². The summed E-state index contributed by atoms with van der Waals surface area (Å²) in [5, 5.41) is 0.205. The number of hydrogen-bond acceptors (Lipinski definition) is 4. The van der Waals surface area contributed by atoms with Crippen LogP contribution in [-0.4, -0.2) is 25.2 Å². The lowest BCUT2D eigenvalue weighted by Gasteiger charge is -2.38. The lowest BCUT2D eigenvalue weighted by molar-refractivity contribution is 0.228. The minimum absolute atomic E-state index is 0.115. The maximum absolute atomic E-state index is 6.68. The van der Waals surface area contributed by atoms with Crippen molar-refractivity contribution < 1.29 is 4.43 Å². The predicted molar refractivity (Wildman–Crippen MR) is 148 cm³/mol. The van der Waals surface area contributed by atoms with Gasteiger partial charge in [0.15, 0.2) is 12.7 Å². The summed E-state index contributed by atoms with van der Waals surface area (Å²) in [5.74, 6) is 0.918. The van der Waals surface area contributed by atoms with Gasteiger partial charge in [0.1, 0.15) is 0 Å². The van der Waals surface area contributed by atoms with Crippen LogP contribution in [0.4, 0.5) is 0 Å². The van der Waals surface area contributed by atoms with Crippen LogP contribution >= 0.6 is 23.1 Å². The molecule has 0 amide bonds. The van der Waals surface area contributed by atoms with Gasteiger partial charge >= 0.3 is 0 Å². The van der Waals surface area contributed by atoms with Crippen LogP contribution in [0.5, 0.6) is 0 Å². The zero-order valence-corrected chi connectivity index (χ0v) is 23.1. The van der Waals surface area contributed by atoms with E-state index in [0.717, 1.165) is 34.9 Å². The zero-order chi connectivity index (χ0) is 23.5. The van der Waals surface area contributed by atoms with E-state index in [9.17, 15) is 0 Å². The van der Waals surface area contributed by atoms with E-state index in [-0.39, 0.29) is 11.1 Å². The van der Waals surface area contributed by atoms with Crippen molar-refractivity contribution in [3.8, 4) is 0 Å². The van der Waals surface area contributed by atoms with Crippen molar-refractivity contribution in [3.63, 3.8) is 0 Å². The fraction of sp³-hybridized carbons (Fsp3) is 0.444. The van der Waals surface area contributed by atoms with Gasteiger partial charge in [-0.15, -0.1) is 11.3 Å². The normalized spacial score (nSPS) is 14.7. The Labute approximate surface area is 204 Å². The molecule has 0 unspecified atom stereocenters. The van der Waals surface area contributed by atoms with Crippen LogP contribution in [0.25, 0.3) is 10.2 Å². The highest BCUT2D eigenvalue weighted by atomic mass is 32.2. The van der Waals surface area contributed by atoms with Gasteiger partial charge in [-0.3, -0.25) is 0 Å². The van der Waals surface area contributed by atoms with Crippen LogP contribution < -0.4 is 0 Å². The first-order chi connectivity index (χ1) is 15.2. The van der Waals surface area contributed by atoms with E-state index in [1.807, 2.05) is 6.07 Å². The molecular formula is C27H39NOS2Si. The lowest BCUT2D eigenvalue weighted by atomic mass is 10.2. The number of benzene rings is 1. The number of nitrogens with zero attached hydrogens (tertiary/aromatic N) is 1. The largest absolute Gasteiger partial charge is 0.410 e. The number of thioether (sulfide) groups is 1. The molecule has 5 heteroatoms. The fourth-order valence-electron chi connectivity index (χ4n) is 2.74. The van der Waals surface area contributed by atoms with E-state index in [2.05, 4.69) is 113 Å². The lowest BCUT2D eigenvalue weighted by Crippen LogP contribution is -2.43. The third-order valence-electron chi connectivity index (χ3n) is 5.61. The van der Waals surface area contributed by atoms with Gasteiger partial charge in [-0.1, -0.05) is 100 Å². The summed E-state index contributed by atoms with van der Waals surface area (Å²) in [4.78, 5) is 4.68. The Morgan fingerprint density at radius 2 is 1.81 bits per heavy atom. The molecule has 0 fully saturated rings. The monoisotopic (exact) mass is 485 g/mol. The second-order valence-corrected chi connectivity index (χ2v) is 16.4. The van der Waals surface area contributed by atoms with Crippen LogP contribution in [0.3, 0.4) is 0 Å². The summed E-state index contributed by atoms with van der Waals surface area (Å²) in [6.07, 6.45) is 20.7. The molecule has 0 aliphatic heterocycles. The van der Waals surface area contributed by atoms with Gasteiger partial charge in [0, 0.05) is 5.75 Å². The molecule has 32 heavy (non-hydrogen) atoms. The number of thiazole rings is 1. The van der Waals surface area contributed by atoms with Crippen LogP contribution in [0.2, 0.25) is 18.1 Å². The molecular weight excluding hydrogens is 447 g/mol. The molecule has 0 aliphatic carbocycles. The average molecular weight is 486 g/mol. The van der Waals surface area contributed by atoms with E-state index in [0.29, 0.717) is 0 Å². The van der Waals surface area contributed by atoms with Gasteiger partial charge < -0.3 is 4.43 Å². The highest BCUT2D eigenvalue weighted by Crippen LogP contribution is 2.37. The molecule has 2 nitrogen and oxygen atoms in total. The van der Waals surface area contributed by atoms with Gasteiger partial charge in [0.25, 0.3) is 0 Å². The zero-order valence-electron chi connectivity index (χ0n) is 20.5. The minimum atomic E-state index is -1.82. The van der Waals surface area contributed by atoms with Crippen molar-refractivity contribution in [2.75, 3.05) is 5.75 Å². The first-order valence-corrected chi connectivity index (χ1v) is 16.2. The Bertz CT molecular complexity index is 902. The second kappa shape index (κ2) is 13.3. The molecule has 1 aromatic heterocycles. The minimum Gasteiger partial charge on any atom is -0.410 e. The smallest absolute Gasteiger partial charge is 0.192 e. The second-order valence-electron chi connectivity index (χ2n) is 9.31. The Morgan fingerprint density at radius 1 is 1.06 bits per heavy atom. The van der Waals surface area contributed by atoms with Crippen LogP contribution in [0, 0.1) is 0 Å². The molecule has 2 aromatic rings. The predicted octanol–water partition coefficient (Wildman–Crippen LogP) is 9.19. The molecule has 2 rings (SSSR count). The quantitative estimate of drug-likeness (QED) is 0.129. The molecule has 0 saturated heterocycles. The maximum Gasteiger partial charge on any atom is 0.192 e. The van der Waals surface area contributed by atoms with Crippen molar-refractivity contribution in [2.24, 2.45) is 0 Å². The summed E-state index contributed by atoms with van der Waals surface area (Å²) in [7, 11) is -1.82. The topological polar surface area (TPSA) is 22.1 Å². The SMILES string of the molecule is CC/C=C\C/C=C\C[C@@H](/C=C\C=C\CSc1nc2ccccc2s1)O[Si](C)(C)C(C)(C)C. The Hall–Kier alpha value is -1.40. The summed E-state index contributed by atoms with van der Waals surface area (Å²) >= 11 is 3.55. The van der Waals surface area contributed by atoms with Gasteiger partial charge in [-0.2, -0.15) is 0 Å². The van der Waals surface area contributed by atoms with Gasteiger partial charge in [-0.05, 0) is 49.5 Å². The van der Waals surface area contributed by atoms with Crippen LogP contribution in [-0.2, 0) is 4.43 Å². The van der Waals surface area contributed by atoms with Crippen LogP contribution in [0.15, 0.2) is 77.2 Å². The molecule has 0 N–H and O–H groups in total. The molecule has 0 radical (unpaired) electrons. The van der Waals surface area contributed by atoms with Crippen molar-refractivity contribution >= 4 is 41.6 Å². The summed E-state index contributed by atoms with van der Waals surface area (Å²) < 4.78 is 9.05. The van der Waals surface area contributed by atoms with Crippen molar-refractivity contribution in [2.45, 2.75) is 75.5 Å². The number of para-hydroxylation sites is 1. The fourth-order valence-corrected chi connectivity index (χ4v) is 5.95. The average Bonchev–Trinajstić information content (AvgIpc) is 3.14. The van der Waals surface area contributed by atoms with E-state index in [4.69, 9.17) is 4.43 Å². The Morgan fingerprint density at radius 3 is 2.53 bits per heavy atom. The van der Waals surface area contributed by atoms with Gasteiger partial charge in [-0.25, -0.2) is 4.98 Å². The third kappa shape index (κ3) is 9.22. The number of hydrogen-bond donors (Lipinski definition) is 0. The molecule has 0 aliphatic rings. The summed E-state index contributed by atoms with van der Waals surface area (Å²) in [6, 6.07) is 8.32. The van der Waals surface area contributed by atoms with E-state index in [1.54, 1.807) is 23.1 Å². The van der Waals surface area contributed by atoms with E-state index < -0.39 is 8.32 Å². The molecule has 0 spiro atoms. The number of fused-ring (bicyclic) bond motifs is 1. The molecule has 174 valence electrons. The first kappa shape index (κ1) is 26.8. The van der Waals surface area contributed by atoms with Crippen LogP contribution in [0.1, 0.15) is 47.0 Å². The Kier molecular flexibility index (Phi) is 11.2. The van der Waals surface area contributed by atoms with Crippen molar-refractivity contribution in [1.29, 1.82) is 0 Å². The molecule has 0 bridgehead atoms. The molecule has 1 atom stereocenters. The summed E-state index contributed by atoms with van der Waals surface area (Å²) in [6.45, 7) is 13.7. The van der Waals surface area contributed by atoms with Gasteiger partial charge in [0.2, 0.25) is 0 Å². The number of rotatable bonds is 12. The number of allylic oxidation sites excluding steroid dienone is 5. The molecule has 1 heterocycles.